The van der Waals surface area contributed by atoms with E-state index in [0.717, 1.165) is 72.6 Å². The van der Waals surface area contributed by atoms with E-state index in [1.54, 1.807) is 16.8 Å². The third-order valence-corrected chi connectivity index (χ3v) is 7.72. The molecule has 1 saturated carbocycles. The smallest absolute Gasteiger partial charge is 0.252 e. The van der Waals surface area contributed by atoms with E-state index >= 15 is 0 Å². The Labute approximate surface area is 211 Å². The van der Waals surface area contributed by atoms with Gasteiger partial charge in [-0.2, -0.15) is 4.68 Å². The molecule has 6 rings (SSSR count). The van der Waals surface area contributed by atoms with Crippen LogP contribution in [0.1, 0.15) is 61.3 Å². The molecule has 11 heteroatoms. The second-order valence-corrected chi connectivity index (χ2v) is 10.1. The molecule has 0 radical (unpaired) electrons. The Morgan fingerprint density at radius 3 is 2.66 bits per heavy atom. The largest absolute Gasteiger partial charge is 0.343 e. The molecule has 0 bridgehead atoms. The zero-order valence-corrected chi connectivity index (χ0v) is 20.4. The van der Waals surface area contributed by atoms with Crippen LogP contribution in [0.5, 0.6) is 0 Å². The number of nitrogens with two attached hydrogens (primary N) is 1. The van der Waals surface area contributed by atoms with E-state index in [0.29, 0.717) is 16.1 Å². The number of rotatable bonds is 4. The lowest BCUT2D eigenvalue weighted by Crippen LogP contribution is -2.26. The maximum absolute atomic E-state index is 13.4. The topological polar surface area (TPSA) is 120 Å². The first-order valence-electron chi connectivity index (χ1n) is 11.8. The molecule has 1 aromatic carbocycles. The van der Waals surface area contributed by atoms with Gasteiger partial charge in [-0.25, -0.2) is 4.98 Å². The van der Waals surface area contributed by atoms with Crippen molar-refractivity contribution in [1.82, 2.24) is 34.7 Å². The van der Waals surface area contributed by atoms with Crippen molar-refractivity contribution in [3.8, 4) is 16.8 Å². The zero-order valence-electron chi connectivity index (χ0n) is 18.9. The number of pyridine rings is 1. The van der Waals surface area contributed by atoms with Crippen LogP contribution in [0, 0.1) is 0 Å². The molecule has 1 fully saturated rings. The number of fused-ring (bicyclic) bond motifs is 1. The van der Waals surface area contributed by atoms with Crippen molar-refractivity contribution in [1.29, 1.82) is 0 Å². The number of halogens is 2. The molecule has 1 atom stereocenters. The Morgan fingerprint density at radius 1 is 1.06 bits per heavy atom. The Morgan fingerprint density at radius 2 is 1.89 bits per heavy atom. The van der Waals surface area contributed by atoms with Gasteiger partial charge in [-0.1, -0.05) is 23.2 Å². The van der Waals surface area contributed by atoms with E-state index in [-0.39, 0.29) is 17.6 Å². The molecule has 35 heavy (non-hydrogen) atoms. The molecule has 3 N–H and O–H groups in total. The summed E-state index contributed by atoms with van der Waals surface area (Å²) in [5.41, 5.74) is 10.2. The monoisotopic (exact) mass is 510 g/mol. The van der Waals surface area contributed by atoms with Gasteiger partial charge >= 0.3 is 0 Å². The standard InChI is InChI=1S/C24H24Cl2N8O/c25-15-3-7-19(33-12-28-31-32-33)18(11-15)14-9-17-6-8-20(34(17)21(35)10-14)24-29-22(23(26)30-24)13-1-4-16(27)5-2-13/h3,7,9-13,16,20H,1-2,4-6,8,27H2,(H,29,30)/t13-,16-,20-/m0/s1. The summed E-state index contributed by atoms with van der Waals surface area (Å²) in [5.74, 6) is 1.07. The summed E-state index contributed by atoms with van der Waals surface area (Å²) in [6.45, 7) is 0. The number of aromatic nitrogens is 7. The Kier molecular flexibility index (Phi) is 5.70. The minimum absolute atomic E-state index is 0.0969. The van der Waals surface area contributed by atoms with Crippen molar-refractivity contribution in [2.75, 3.05) is 0 Å². The SMILES string of the molecule is N[C@H]1CC[C@H](c2[nH]c([C@@H]3CCc4cc(-c5cc(Cl)ccc5-n5cnnn5)cc(=O)n43)nc2Cl)CC1. The van der Waals surface area contributed by atoms with Crippen LogP contribution in [-0.4, -0.2) is 40.8 Å². The molecular weight excluding hydrogens is 487 g/mol. The molecule has 0 saturated heterocycles. The highest BCUT2D eigenvalue weighted by Crippen LogP contribution is 2.38. The van der Waals surface area contributed by atoms with Crippen molar-refractivity contribution in [3.05, 3.63) is 74.4 Å². The molecule has 9 nitrogen and oxygen atoms in total. The van der Waals surface area contributed by atoms with Crippen LogP contribution in [0.4, 0.5) is 0 Å². The summed E-state index contributed by atoms with van der Waals surface area (Å²) in [7, 11) is 0. The Hall–Kier alpha value is -3.01. The Bertz CT molecular complexity index is 1440. The molecule has 180 valence electrons. The van der Waals surface area contributed by atoms with E-state index in [2.05, 4.69) is 25.5 Å². The fourth-order valence-electron chi connectivity index (χ4n) is 5.44. The zero-order chi connectivity index (χ0) is 24.1. The number of nitrogens with one attached hydrogen (secondary N) is 1. The summed E-state index contributed by atoms with van der Waals surface area (Å²) >= 11 is 12.9. The van der Waals surface area contributed by atoms with E-state index < -0.39 is 0 Å². The number of aryl methyl sites for hydroxylation is 1. The van der Waals surface area contributed by atoms with Gasteiger partial charge in [-0.05, 0) is 78.8 Å². The number of H-pyrrole nitrogens is 1. The second kappa shape index (κ2) is 8.89. The Balaban J connectivity index is 1.36. The van der Waals surface area contributed by atoms with E-state index in [1.807, 2.05) is 22.8 Å². The summed E-state index contributed by atoms with van der Waals surface area (Å²) in [5, 5.41) is 12.5. The third-order valence-electron chi connectivity index (χ3n) is 7.20. The molecule has 0 spiro atoms. The van der Waals surface area contributed by atoms with E-state index in [4.69, 9.17) is 28.9 Å². The molecule has 0 amide bonds. The van der Waals surface area contributed by atoms with Crippen LogP contribution >= 0.6 is 23.2 Å². The highest BCUT2D eigenvalue weighted by molar-refractivity contribution is 6.31. The first-order chi connectivity index (χ1) is 17.0. The quantitative estimate of drug-likeness (QED) is 0.427. The fourth-order valence-corrected chi connectivity index (χ4v) is 5.90. The van der Waals surface area contributed by atoms with E-state index in [1.165, 1.54) is 6.33 Å². The normalized spacial score (nSPS) is 21.9. The van der Waals surface area contributed by atoms with Crippen molar-refractivity contribution in [2.45, 2.75) is 56.5 Å². The van der Waals surface area contributed by atoms with Crippen molar-refractivity contribution in [2.24, 2.45) is 5.73 Å². The fraction of sp³-hybridized carbons (Fsp3) is 0.375. The van der Waals surface area contributed by atoms with Crippen LogP contribution in [0.2, 0.25) is 10.2 Å². The number of hydrogen-bond acceptors (Lipinski definition) is 6. The average molecular weight is 511 g/mol. The number of nitrogens with zero attached hydrogens (tertiary/aromatic N) is 6. The lowest BCUT2D eigenvalue weighted by Gasteiger charge is -2.25. The first-order valence-corrected chi connectivity index (χ1v) is 12.5. The summed E-state index contributed by atoms with van der Waals surface area (Å²) in [4.78, 5) is 21.5. The van der Waals surface area contributed by atoms with Gasteiger partial charge in [0.25, 0.3) is 5.56 Å². The van der Waals surface area contributed by atoms with Crippen LogP contribution in [0.25, 0.3) is 16.8 Å². The molecule has 1 aliphatic carbocycles. The highest BCUT2D eigenvalue weighted by atomic mass is 35.5. The van der Waals surface area contributed by atoms with Gasteiger partial charge in [0.05, 0.1) is 17.4 Å². The molecule has 2 aliphatic rings. The van der Waals surface area contributed by atoms with Crippen LogP contribution in [0.15, 0.2) is 41.5 Å². The molecule has 0 unspecified atom stereocenters. The predicted octanol–water partition coefficient (Wildman–Crippen LogP) is 4.04. The van der Waals surface area contributed by atoms with Gasteiger partial charge in [0.1, 0.15) is 12.2 Å². The lowest BCUT2D eigenvalue weighted by atomic mass is 9.85. The van der Waals surface area contributed by atoms with Gasteiger partial charge < -0.3 is 15.3 Å². The predicted molar refractivity (Wildman–Crippen MR) is 133 cm³/mol. The average Bonchev–Trinajstić information content (AvgIpc) is 3.59. The first kappa shape index (κ1) is 22.5. The highest BCUT2D eigenvalue weighted by Gasteiger charge is 2.31. The van der Waals surface area contributed by atoms with Crippen molar-refractivity contribution in [3.63, 3.8) is 0 Å². The van der Waals surface area contributed by atoms with Gasteiger partial charge in [0, 0.05) is 34.3 Å². The summed E-state index contributed by atoms with van der Waals surface area (Å²) < 4.78 is 3.38. The number of tetrazole rings is 1. The summed E-state index contributed by atoms with van der Waals surface area (Å²) in [6, 6.07) is 9.20. The number of hydrogen-bond donors (Lipinski definition) is 2. The van der Waals surface area contributed by atoms with Crippen molar-refractivity contribution >= 4 is 23.2 Å². The van der Waals surface area contributed by atoms with Gasteiger partial charge in [0.15, 0.2) is 5.15 Å². The van der Waals surface area contributed by atoms with Crippen LogP contribution in [-0.2, 0) is 6.42 Å². The third kappa shape index (κ3) is 4.07. The molecule has 4 aromatic rings. The van der Waals surface area contributed by atoms with Crippen LogP contribution < -0.4 is 11.3 Å². The minimum Gasteiger partial charge on any atom is -0.343 e. The molecule has 3 aromatic heterocycles. The van der Waals surface area contributed by atoms with Gasteiger partial charge in [-0.3, -0.25) is 4.79 Å². The number of aromatic amines is 1. The van der Waals surface area contributed by atoms with E-state index in [9.17, 15) is 4.79 Å². The van der Waals surface area contributed by atoms with Crippen molar-refractivity contribution < 1.29 is 0 Å². The maximum atomic E-state index is 13.4. The lowest BCUT2D eigenvalue weighted by molar-refractivity contribution is 0.390. The maximum Gasteiger partial charge on any atom is 0.252 e. The number of imidazole rings is 1. The molecular formula is C24H24Cl2N8O. The second-order valence-electron chi connectivity index (χ2n) is 9.35. The molecule has 4 heterocycles. The van der Waals surface area contributed by atoms with Gasteiger partial charge in [0.2, 0.25) is 0 Å². The molecule has 1 aliphatic heterocycles. The van der Waals surface area contributed by atoms with Crippen LogP contribution in [0.3, 0.4) is 0 Å². The summed E-state index contributed by atoms with van der Waals surface area (Å²) in [6.07, 6.45) is 7.00. The minimum atomic E-state index is -0.179. The van der Waals surface area contributed by atoms with Gasteiger partial charge in [-0.15, -0.1) is 5.10 Å². The number of benzene rings is 1.